The number of esters is 1. The summed E-state index contributed by atoms with van der Waals surface area (Å²) in [7, 11) is 4.57. The van der Waals surface area contributed by atoms with Crippen molar-refractivity contribution in [1.29, 1.82) is 0 Å². The molecule has 2 heterocycles. The molecule has 0 radical (unpaired) electrons. The highest BCUT2D eigenvalue weighted by atomic mass is 16.5. The van der Waals surface area contributed by atoms with Gasteiger partial charge in [-0.3, -0.25) is 9.59 Å². The molecule has 1 amide bonds. The lowest BCUT2D eigenvalue weighted by Crippen LogP contribution is -2.41. The molecule has 0 saturated carbocycles. The van der Waals surface area contributed by atoms with Crippen molar-refractivity contribution in [2.45, 2.75) is 32.8 Å². The van der Waals surface area contributed by atoms with Gasteiger partial charge in [-0.15, -0.1) is 0 Å². The van der Waals surface area contributed by atoms with Crippen LogP contribution in [0.2, 0.25) is 0 Å². The largest absolute Gasteiger partial charge is 0.497 e. The second-order valence-corrected chi connectivity index (χ2v) is 7.96. The van der Waals surface area contributed by atoms with Gasteiger partial charge in [0.2, 0.25) is 0 Å². The summed E-state index contributed by atoms with van der Waals surface area (Å²) in [4.78, 5) is 40.5. The second kappa shape index (κ2) is 9.99. The first-order chi connectivity index (χ1) is 15.3. The van der Waals surface area contributed by atoms with Crippen LogP contribution in [0.15, 0.2) is 24.3 Å². The lowest BCUT2D eigenvalue weighted by Gasteiger charge is -2.25. The van der Waals surface area contributed by atoms with E-state index in [0.717, 1.165) is 12.8 Å². The fourth-order valence-electron chi connectivity index (χ4n) is 4.22. The summed E-state index contributed by atoms with van der Waals surface area (Å²) < 4.78 is 17.5. The van der Waals surface area contributed by atoms with Gasteiger partial charge < -0.3 is 23.7 Å². The Bertz CT molecular complexity index is 1020. The zero-order valence-electron chi connectivity index (χ0n) is 19.3. The molecule has 1 atom stereocenters. The molecule has 1 fully saturated rings. The average molecular weight is 443 g/mol. The van der Waals surface area contributed by atoms with Crippen molar-refractivity contribution in [3.8, 4) is 5.75 Å². The van der Waals surface area contributed by atoms with E-state index < -0.39 is 5.97 Å². The normalized spacial score (nSPS) is 15.5. The molecule has 3 rings (SSSR count). The summed E-state index contributed by atoms with van der Waals surface area (Å²) in [5, 5.41) is 0. The fourth-order valence-corrected chi connectivity index (χ4v) is 4.22. The molecule has 8 nitrogen and oxygen atoms in total. The van der Waals surface area contributed by atoms with E-state index in [1.807, 2.05) is 0 Å². The topological polar surface area (TPSA) is 87.1 Å². The number of benzene rings is 1. The predicted octanol–water partition coefficient (Wildman–Crippen LogP) is 2.94. The maximum atomic E-state index is 13.4. The number of methoxy groups -OCH3 is 2. The van der Waals surface area contributed by atoms with E-state index in [1.165, 1.54) is 19.1 Å². The van der Waals surface area contributed by atoms with Crippen molar-refractivity contribution in [3.05, 3.63) is 52.3 Å². The molecule has 0 bridgehead atoms. The molecule has 0 unspecified atom stereocenters. The van der Waals surface area contributed by atoms with Crippen molar-refractivity contribution in [2.24, 2.45) is 7.05 Å². The summed E-state index contributed by atoms with van der Waals surface area (Å²) in [6, 6.07) is 6.86. The van der Waals surface area contributed by atoms with E-state index in [4.69, 9.17) is 14.2 Å². The van der Waals surface area contributed by atoms with Gasteiger partial charge in [0.1, 0.15) is 11.4 Å². The van der Waals surface area contributed by atoms with Gasteiger partial charge in [0.25, 0.3) is 5.91 Å². The van der Waals surface area contributed by atoms with E-state index in [2.05, 4.69) is 0 Å². The molecule has 1 aliphatic rings. The van der Waals surface area contributed by atoms with Crippen LogP contribution < -0.4 is 4.74 Å². The highest BCUT2D eigenvalue weighted by Crippen LogP contribution is 2.24. The quantitative estimate of drug-likeness (QED) is 0.462. The SMILES string of the molecule is COC(=O)c1c(C)c(C(=O)CN(C[C@H]2CCCO2)C(=O)c2cccc(OC)c2)c(C)n1C. The van der Waals surface area contributed by atoms with Gasteiger partial charge in [-0.25, -0.2) is 4.79 Å². The van der Waals surface area contributed by atoms with E-state index in [-0.39, 0.29) is 24.3 Å². The summed E-state index contributed by atoms with van der Waals surface area (Å²) in [6.07, 6.45) is 1.66. The molecule has 1 aliphatic heterocycles. The number of nitrogens with zero attached hydrogens (tertiary/aromatic N) is 2. The first kappa shape index (κ1) is 23.5. The Morgan fingerprint density at radius 3 is 2.59 bits per heavy atom. The van der Waals surface area contributed by atoms with E-state index in [0.29, 0.717) is 47.0 Å². The van der Waals surface area contributed by atoms with Gasteiger partial charge in [-0.2, -0.15) is 0 Å². The predicted molar refractivity (Wildman–Crippen MR) is 118 cm³/mol. The van der Waals surface area contributed by atoms with Gasteiger partial charge in [0.15, 0.2) is 5.78 Å². The van der Waals surface area contributed by atoms with Gasteiger partial charge in [-0.1, -0.05) is 6.07 Å². The van der Waals surface area contributed by atoms with Crippen LogP contribution in [0.3, 0.4) is 0 Å². The zero-order chi connectivity index (χ0) is 23.4. The Morgan fingerprint density at radius 1 is 1.22 bits per heavy atom. The van der Waals surface area contributed by atoms with Crippen LogP contribution >= 0.6 is 0 Å². The maximum absolute atomic E-state index is 13.4. The number of carbonyl (C=O) groups is 3. The minimum absolute atomic E-state index is 0.110. The van der Waals surface area contributed by atoms with Crippen LogP contribution in [0, 0.1) is 13.8 Å². The minimum atomic E-state index is -0.504. The van der Waals surface area contributed by atoms with Crippen molar-refractivity contribution in [2.75, 3.05) is 33.9 Å². The van der Waals surface area contributed by atoms with Crippen LogP contribution in [0.1, 0.15) is 55.3 Å². The lowest BCUT2D eigenvalue weighted by molar-refractivity contribution is 0.0506. The van der Waals surface area contributed by atoms with Crippen molar-refractivity contribution < 1.29 is 28.6 Å². The number of Topliss-reactive ketones (excluding diaryl/α,β-unsaturated/α-hetero) is 1. The van der Waals surface area contributed by atoms with Crippen molar-refractivity contribution in [3.63, 3.8) is 0 Å². The number of amides is 1. The Kier molecular flexibility index (Phi) is 7.35. The molecule has 0 N–H and O–H groups in total. The summed E-state index contributed by atoms with van der Waals surface area (Å²) >= 11 is 0. The van der Waals surface area contributed by atoms with Gasteiger partial charge >= 0.3 is 5.97 Å². The average Bonchev–Trinajstić information content (AvgIpc) is 3.38. The third-order valence-electron chi connectivity index (χ3n) is 5.97. The first-order valence-electron chi connectivity index (χ1n) is 10.6. The van der Waals surface area contributed by atoms with Crippen LogP contribution in [0.4, 0.5) is 0 Å². The molecule has 1 aromatic carbocycles. The zero-order valence-corrected chi connectivity index (χ0v) is 19.3. The van der Waals surface area contributed by atoms with Crippen LogP contribution in [0.5, 0.6) is 5.75 Å². The molecule has 1 aromatic heterocycles. The van der Waals surface area contributed by atoms with Crippen molar-refractivity contribution >= 4 is 17.7 Å². The Labute approximate surface area is 188 Å². The monoisotopic (exact) mass is 442 g/mol. The summed E-state index contributed by atoms with van der Waals surface area (Å²) in [6.45, 7) is 4.35. The van der Waals surface area contributed by atoms with Crippen molar-refractivity contribution in [1.82, 2.24) is 9.47 Å². The number of ether oxygens (including phenoxy) is 3. The van der Waals surface area contributed by atoms with E-state index in [9.17, 15) is 14.4 Å². The molecule has 32 heavy (non-hydrogen) atoms. The highest BCUT2D eigenvalue weighted by Gasteiger charge is 2.30. The number of ketones is 1. The van der Waals surface area contributed by atoms with Crippen LogP contribution in [-0.4, -0.2) is 67.1 Å². The number of hydrogen-bond acceptors (Lipinski definition) is 6. The first-order valence-corrected chi connectivity index (χ1v) is 10.6. The minimum Gasteiger partial charge on any atom is -0.497 e. The molecule has 172 valence electrons. The number of aromatic nitrogens is 1. The van der Waals surface area contributed by atoms with Crippen LogP contribution in [0.25, 0.3) is 0 Å². The summed E-state index contributed by atoms with van der Waals surface area (Å²) in [5.74, 6) is -0.445. The Hall–Kier alpha value is -3.13. The Balaban J connectivity index is 1.92. The number of rotatable bonds is 8. The summed E-state index contributed by atoms with van der Waals surface area (Å²) in [5.41, 5.74) is 2.40. The van der Waals surface area contributed by atoms with Gasteiger partial charge in [0.05, 0.1) is 26.9 Å². The van der Waals surface area contributed by atoms with Crippen LogP contribution in [-0.2, 0) is 16.5 Å². The number of carbonyl (C=O) groups excluding carboxylic acids is 3. The maximum Gasteiger partial charge on any atom is 0.354 e. The smallest absolute Gasteiger partial charge is 0.354 e. The molecule has 8 heteroatoms. The molecular formula is C24H30N2O6. The fraction of sp³-hybridized carbons (Fsp3) is 0.458. The molecule has 2 aromatic rings. The van der Waals surface area contributed by atoms with E-state index >= 15 is 0 Å². The lowest BCUT2D eigenvalue weighted by atomic mass is 10.0. The van der Waals surface area contributed by atoms with Gasteiger partial charge in [-0.05, 0) is 50.5 Å². The molecular weight excluding hydrogens is 412 g/mol. The Morgan fingerprint density at radius 2 is 1.97 bits per heavy atom. The number of hydrogen-bond donors (Lipinski definition) is 0. The third kappa shape index (κ3) is 4.70. The molecule has 0 aliphatic carbocycles. The standard InChI is InChI=1S/C24H30N2O6/c1-15-21(16(2)25(3)22(15)24(29)31-5)20(27)14-26(13-19-10-7-11-32-19)23(28)17-8-6-9-18(12-17)30-4/h6,8-9,12,19H,7,10-11,13-14H2,1-5H3/t19-/m1/s1. The highest BCUT2D eigenvalue weighted by molar-refractivity contribution is 6.06. The third-order valence-corrected chi connectivity index (χ3v) is 5.97. The van der Waals surface area contributed by atoms with Gasteiger partial charge in [0, 0.05) is 37.0 Å². The molecule has 1 saturated heterocycles. The van der Waals surface area contributed by atoms with E-state index in [1.54, 1.807) is 49.7 Å². The molecule has 0 spiro atoms. The second-order valence-electron chi connectivity index (χ2n) is 7.96.